The van der Waals surface area contributed by atoms with Crippen LogP contribution in [0.2, 0.25) is 0 Å². The number of carbonyl (C=O) groups is 1. The van der Waals surface area contributed by atoms with Crippen LogP contribution in [0.4, 0.5) is 13.2 Å². The minimum absolute atomic E-state index is 0.0646. The normalized spacial score (nSPS) is 16.6. The third-order valence-electron chi connectivity index (χ3n) is 3.81. The predicted octanol–water partition coefficient (Wildman–Crippen LogP) is 2.24. The zero-order chi connectivity index (χ0) is 18.0. The van der Waals surface area contributed by atoms with Gasteiger partial charge in [0.05, 0.1) is 5.57 Å². The Kier molecular flexibility index (Phi) is 4.58. The third-order valence-corrected chi connectivity index (χ3v) is 3.81. The Balaban J connectivity index is 2.04. The van der Waals surface area contributed by atoms with Crippen molar-refractivity contribution in [2.75, 3.05) is 6.61 Å². The van der Waals surface area contributed by atoms with Gasteiger partial charge < -0.3 is 9.67 Å². The number of aromatic nitrogens is 2. The first kappa shape index (κ1) is 17.2. The Morgan fingerprint density at radius 1 is 1.32 bits per heavy atom. The maximum atomic E-state index is 13.0. The van der Waals surface area contributed by atoms with Crippen molar-refractivity contribution in [3.63, 3.8) is 0 Å². The lowest BCUT2D eigenvalue weighted by Gasteiger charge is -2.05. The van der Waals surface area contributed by atoms with Gasteiger partial charge in [0, 0.05) is 36.5 Å². The summed E-state index contributed by atoms with van der Waals surface area (Å²) in [7, 11) is 0. The molecule has 6 nitrogen and oxygen atoms in total. The van der Waals surface area contributed by atoms with Crippen LogP contribution in [0.15, 0.2) is 35.2 Å². The fraction of sp³-hybridized carbons (Fsp3) is 0.312. The molecule has 9 heteroatoms. The van der Waals surface area contributed by atoms with E-state index in [-0.39, 0.29) is 6.61 Å². The maximum absolute atomic E-state index is 13.0. The topological polar surface area (TPSA) is 79.5 Å². The summed E-state index contributed by atoms with van der Waals surface area (Å²) in [4.78, 5) is 16.0. The van der Waals surface area contributed by atoms with Gasteiger partial charge in [-0.2, -0.15) is 18.3 Å². The fourth-order valence-corrected chi connectivity index (χ4v) is 2.67. The van der Waals surface area contributed by atoms with Crippen LogP contribution in [-0.2, 0) is 11.3 Å². The van der Waals surface area contributed by atoms with E-state index in [2.05, 4.69) is 10.1 Å². The average Bonchev–Trinajstić information content (AvgIpc) is 3.10. The van der Waals surface area contributed by atoms with Crippen molar-refractivity contribution in [1.82, 2.24) is 15.0 Å². The van der Waals surface area contributed by atoms with Gasteiger partial charge in [0.1, 0.15) is 5.65 Å². The second-order valence-electron chi connectivity index (χ2n) is 5.54. The SMILES string of the molecule is O=C1NN=C(C(F)(F)F)C1=Cc1cn(CCCCO)c2ncccc12. The smallest absolute Gasteiger partial charge is 0.396 e. The van der Waals surface area contributed by atoms with Crippen molar-refractivity contribution in [1.29, 1.82) is 0 Å². The predicted molar refractivity (Wildman–Crippen MR) is 85.7 cm³/mol. The molecule has 0 aliphatic carbocycles. The molecule has 2 N–H and O–H groups in total. The van der Waals surface area contributed by atoms with Gasteiger partial charge in [-0.1, -0.05) is 0 Å². The van der Waals surface area contributed by atoms with E-state index in [4.69, 9.17) is 5.11 Å². The molecular formula is C16H15F3N4O2. The minimum atomic E-state index is -4.72. The van der Waals surface area contributed by atoms with Crippen molar-refractivity contribution >= 4 is 28.7 Å². The molecule has 1 aliphatic heterocycles. The number of rotatable bonds is 5. The van der Waals surface area contributed by atoms with Crippen molar-refractivity contribution < 1.29 is 23.1 Å². The molecule has 0 atom stereocenters. The van der Waals surface area contributed by atoms with E-state index in [0.717, 1.165) is 0 Å². The molecule has 1 aliphatic rings. The summed E-state index contributed by atoms with van der Waals surface area (Å²) in [6.45, 7) is 0.624. The highest BCUT2D eigenvalue weighted by molar-refractivity contribution is 6.29. The number of pyridine rings is 1. The number of halogens is 3. The molecule has 2 aromatic rings. The Hall–Kier alpha value is -2.68. The number of nitrogens with one attached hydrogen (secondary N) is 1. The fourth-order valence-electron chi connectivity index (χ4n) is 2.67. The van der Waals surface area contributed by atoms with E-state index in [1.54, 1.807) is 29.1 Å². The van der Waals surface area contributed by atoms with Crippen LogP contribution < -0.4 is 5.43 Å². The first-order valence-electron chi connectivity index (χ1n) is 7.64. The molecule has 0 fully saturated rings. The molecular weight excluding hydrogens is 337 g/mol. The number of hydrazone groups is 1. The molecule has 3 rings (SSSR count). The largest absolute Gasteiger partial charge is 0.435 e. The van der Waals surface area contributed by atoms with Crippen molar-refractivity contribution in [2.45, 2.75) is 25.6 Å². The van der Waals surface area contributed by atoms with Gasteiger partial charge in [0.2, 0.25) is 0 Å². The second kappa shape index (κ2) is 6.67. The quantitative estimate of drug-likeness (QED) is 0.640. The number of nitrogens with zero attached hydrogens (tertiary/aromatic N) is 3. The van der Waals surface area contributed by atoms with E-state index in [1.807, 2.05) is 5.43 Å². The Labute approximate surface area is 140 Å². The lowest BCUT2D eigenvalue weighted by Crippen LogP contribution is -2.24. The second-order valence-corrected chi connectivity index (χ2v) is 5.54. The van der Waals surface area contributed by atoms with Crippen LogP contribution >= 0.6 is 0 Å². The molecule has 0 saturated heterocycles. The summed E-state index contributed by atoms with van der Waals surface area (Å²) < 4.78 is 40.8. The molecule has 2 aromatic heterocycles. The Bertz CT molecular complexity index is 868. The minimum Gasteiger partial charge on any atom is -0.396 e. The average molecular weight is 352 g/mol. The van der Waals surface area contributed by atoms with E-state index in [9.17, 15) is 18.0 Å². The standard InChI is InChI=1S/C16H15F3N4O2/c17-16(18,19)13-12(15(25)22-21-13)8-10-9-23(6-1-2-7-24)14-11(10)4-3-5-20-14/h3-5,8-9,24H,1-2,6-7H2,(H,22,25). The van der Waals surface area contributed by atoms with Gasteiger partial charge in [-0.15, -0.1) is 0 Å². The zero-order valence-electron chi connectivity index (χ0n) is 13.0. The molecule has 0 saturated carbocycles. The summed E-state index contributed by atoms with van der Waals surface area (Å²) in [6.07, 6.45) is 1.01. The number of aryl methyl sites for hydroxylation is 1. The van der Waals surface area contributed by atoms with Crippen molar-refractivity contribution in [3.8, 4) is 0 Å². The highest BCUT2D eigenvalue weighted by Gasteiger charge is 2.43. The first-order chi connectivity index (χ1) is 11.9. The highest BCUT2D eigenvalue weighted by atomic mass is 19.4. The Morgan fingerprint density at radius 2 is 2.12 bits per heavy atom. The summed E-state index contributed by atoms with van der Waals surface area (Å²) in [6, 6.07) is 3.41. The zero-order valence-corrected chi connectivity index (χ0v) is 13.0. The van der Waals surface area contributed by atoms with Gasteiger partial charge in [-0.25, -0.2) is 10.4 Å². The highest BCUT2D eigenvalue weighted by Crippen LogP contribution is 2.28. The number of unbranched alkanes of at least 4 members (excludes halogenated alkanes) is 1. The number of hydrogen-bond donors (Lipinski definition) is 2. The lowest BCUT2D eigenvalue weighted by molar-refractivity contribution is -0.116. The van der Waals surface area contributed by atoms with E-state index in [1.165, 1.54) is 6.08 Å². The molecule has 0 radical (unpaired) electrons. The molecule has 0 spiro atoms. The van der Waals surface area contributed by atoms with Gasteiger partial charge >= 0.3 is 6.18 Å². The van der Waals surface area contributed by atoms with Crippen LogP contribution in [0.3, 0.4) is 0 Å². The van der Waals surface area contributed by atoms with Crippen LogP contribution in [0.5, 0.6) is 0 Å². The summed E-state index contributed by atoms with van der Waals surface area (Å²) in [5.74, 6) is -0.891. The Morgan fingerprint density at radius 3 is 2.84 bits per heavy atom. The molecule has 0 unspecified atom stereocenters. The van der Waals surface area contributed by atoms with Gasteiger partial charge in [-0.3, -0.25) is 4.79 Å². The lowest BCUT2D eigenvalue weighted by atomic mass is 10.1. The maximum Gasteiger partial charge on any atom is 0.435 e. The number of fused-ring (bicyclic) bond motifs is 1. The molecule has 0 bridgehead atoms. The number of carbonyl (C=O) groups excluding carboxylic acids is 1. The van der Waals surface area contributed by atoms with Gasteiger partial charge in [-0.05, 0) is 31.1 Å². The molecule has 25 heavy (non-hydrogen) atoms. The summed E-state index contributed by atoms with van der Waals surface area (Å²) in [5, 5.41) is 12.6. The number of aliphatic hydroxyl groups excluding tert-OH is 1. The number of hydrogen-bond acceptors (Lipinski definition) is 4. The van der Waals surface area contributed by atoms with Crippen molar-refractivity contribution in [2.24, 2.45) is 5.10 Å². The third kappa shape index (κ3) is 3.41. The number of amides is 1. The van der Waals surface area contributed by atoms with Crippen LogP contribution in [0.25, 0.3) is 17.1 Å². The van der Waals surface area contributed by atoms with Crippen LogP contribution in [-0.4, -0.2) is 39.1 Å². The van der Waals surface area contributed by atoms with E-state index >= 15 is 0 Å². The molecule has 0 aromatic carbocycles. The number of alkyl halides is 3. The molecule has 1 amide bonds. The van der Waals surface area contributed by atoms with E-state index in [0.29, 0.717) is 36.0 Å². The molecule has 132 valence electrons. The van der Waals surface area contributed by atoms with Crippen LogP contribution in [0, 0.1) is 0 Å². The van der Waals surface area contributed by atoms with Gasteiger partial charge in [0.15, 0.2) is 5.71 Å². The first-order valence-corrected chi connectivity index (χ1v) is 7.64. The molecule has 3 heterocycles. The van der Waals surface area contributed by atoms with Gasteiger partial charge in [0.25, 0.3) is 5.91 Å². The number of aliphatic hydroxyl groups is 1. The van der Waals surface area contributed by atoms with Crippen LogP contribution in [0.1, 0.15) is 18.4 Å². The summed E-state index contributed by atoms with van der Waals surface area (Å²) in [5.41, 5.74) is 1.16. The van der Waals surface area contributed by atoms with E-state index < -0.39 is 23.4 Å². The van der Waals surface area contributed by atoms with Crippen molar-refractivity contribution in [3.05, 3.63) is 35.7 Å². The monoisotopic (exact) mass is 352 g/mol. The summed E-state index contributed by atoms with van der Waals surface area (Å²) >= 11 is 0.